The van der Waals surface area contributed by atoms with Crippen molar-refractivity contribution in [2.45, 2.75) is 18.1 Å². The standard InChI is InChI=1S/C9H15NO2S/c1-2-7-12-9(11)10-5-3-8(13)4-6-10/h2,8,13H,1,3-7H2. The van der Waals surface area contributed by atoms with Crippen molar-refractivity contribution in [3.63, 3.8) is 0 Å². The number of hydrogen-bond acceptors (Lipinski definition) is 3. The molecule has 1 fully saturated rings. The zero-order chi connectivity index (χ0) is 9.68. The van der Waals surface area contributed by atoms with Gasteiger partial charge in [-0.15, -0.1) is 0 Å². The molecule has 0 aliphatic carbocycles. The van der Waals surface area contributed by atoms with Crippen LogP contribution in [0.2, 0.25) is 0 Å². The Morgan fingerprint density at radius 3 is 2.77 bits per heavy atom. The average Bonchev–Trinajstić information content (AvgIpc) is 2.15. The van der Waals surface area contributed by atoms with Crippen LogP contribution in [0.3, 0.4) is 0 Å². The molecule has 0 spiro atoms. The second kappa shape index (κ2) is 5.17. The molecule has 0 bridgehead atoms. The monoisotopic (exact) mass is 201 g/mol. The summed E-state index contributed by atoms with van der Waals surface area (Å²) in [4.78, 5) is 13.0. The van der Waals surface area contributed by atoms with Gasteiger partial charge in [0.2, 0.25) is 0 Å². The zero-order valence-electron chi connectivity index (χ0n) is 7.61. The maximum absolute atomic E-state index is 11.3. The number of amides is 1. The molecule has 1 rings (SSSR count). The van der Waals surface area contributed by atoms with Crippen molar-refractivity contribution in [1.29, 1.82) is 0 Å². The van der Waals surface area contributed by atoms with Crippen LogP contribution in [0.15, 0.2) is 12.7 Å². The van der Waals surface area contributed by atoms with Crippen LogP contribution in [0.5, 0.6) is 0 Å². The first-order valence-corrected chi connectivity index (χ1v) is 4.96. The number of hydrogen-bond donors (Lipinski definition) is 1. The normalized spacial score (nSPS) is 18.4. The van der Waals surface area contributed by atoms with E-state index in [4.69, 9.17) is 4.74 Å². The second-order valence-electron chi connectivity index (χ2n) is 3.08. The van der Waals surface area contributed by atoms with Crippen LogP contribution < -0.4 is 0 Å². The van der Waals surface area contributed by atoms with E-state index in [2.05, 4.69) is 19.2 Å². The number of likely N-dealkylation sites (tertiary alicyclic amines) is 1. The van der Waals surface area contributed by atoms with Crippen LogP contribution in [0.1, 0.15) is 12.8 Å². The molecule has 0 N–H and O–H groups in total. The molecule has 0 radical (unpaired) electrons. The van der Waals surface area contributed by atoms with Crippen molar-refractivity contribution in [2.24, 2.45) is 0 Å². The van der Waals surface area contributed by atoms with Crippen molar-refractivity contribution in [2.75, 3.05) is 19.7 Å². The lowest BCUT2D eigenvalue weighted by molar-refractivity contribution is 0.105. The highest BCUT2D eigenvalue weighted by atomic mass is 32.1. The smallest absolute Gasteiger partial charge is 0.410 e. The number of rotatable bonds is 2. The van der Waals surface area contributed by atoms with Gasteiger partial charge < -0.3 is 9.64 Å². The maximum atomic E-state index is 11.3. The van der Waals surface area contributed by atoms with E-state index in [0.29, 0.717) is 11.9 Å². The van der Waals surface area contributed by atoms with Gasteiger partial charge in [0.1, 0.15) is 6.61 Å². The zero-order valence-corrected chi connectivity index (χ0v) is 8.50. The van der Waals surface area contributed by atoms with Gasteiger partial charge in [-0.25, -0.2) is 4.79 Å². The van der Waals surface area contributed by atoms with Crippen LogP contribution in [0.25, 0.3) is 0 Å². The lowest BCUT2D eigenvalue weighted by atomic mass is 10.1. The molecule has 1 amide bonds. The molecule has 3 nitrogen and oxygen atoms in total. The molecular formula is C9H15NO2S. The SMILES string of the molecule is C=CCOC(=O)N1CCC(S)CC1. The fourth-order valence-electron chi connectivity index (χ4n) is 1.27. The summed E-state index contributed by atoms with van der Waals surface area (Å²) >= 11 is 4.35. The summed E-state index contributed by atoms with van der Waals surface area (Å²) in [6, 6.07) is 0. The lowest BCUT2D eigenvalue weighted by Crippen LogP contribution is -2.39. The average molecular weight is 201 g/mol. The molecule has 0 aromatic carbocycles. The number of ether oxygens (including phenoxy) is 1. The molecule has 74 valence electrons. The molecular weight excluding hydrogens is 186 g/mol. The summed E-state index contributed by atoms with van der Waals surface area (Å²) in [5.41, 5.74) is 0. The number of piperidine rings is 1. The summed E-state index contributed by atoms with van der Waals surface area (Å²) in [5, 5.41) is 0.434. The van der Waals surface area contributed by atoms with Gasteiger partial charge in [-0.2, -0.15) is 12.6 Å². The van der Waals surface area contributed by atoms with E-state index in [1.807, 2.05) is 0 Å². The van der Waals surface area contributed by atoms with E-state index in [-0.39, 0.29) is 6.09 Å². The van der Waals surface area contributed by atoms with Crippen LogP contribution >= 0.6 is 12.6 Å². The number of carbonyl (C=O) groups is 1. The minimum atomic E-state index is -0.236. The van der Waals surface area contributed by atoms with E-state index in [1.165, 1.54) is 0 Å². The fourth-order valence-corrected chi connectivity index (χ4v) is 1.50. The molecule has 13 heavy (non-hydrogen) atoms. The van der Waals surface area contributed by atoms with Crippen molar-refractivity contribution in [3.8, 4) is 0 Å². The highest BCUT2D eigenvalue weighted by Gasteiger charge is 2.21. The minimum Gasteiger partial charge on any atom is -0.445 e. The maximum Gasteiger partial charge on any atom is 0.410 e. The highest BCUT2D eigenvalue weighted by Crippen LogP contribution is 2.15. The number of carbonyl (C=O) groups excluding carboxylic acids is 1. The van der Waals surface area contributed by atoms with E-state index in [1.54, 1.807) is 11.0 Å². The Morgan fingerprint density at radius 1 is 1.62 bits per heavy atom. The summed E-state index contributed by atoms with van der Waals surface area (Å²) in [7, 11) is 0. The molecule has 0 atom stereocenters. The minimum absolute atomic E-state index is 0.236. The molecule has 0 unspecified atom stereocenters. The predicted octanol–water partition coefficient (Wildman–Crippen LogP) is 1.70. The van der Waals surface area contributed by atoms with Crippen molar-refractivity contribution >= 4 is 18.7 Å². The van der Waals surface area contributed by atoms with Crippen LogP contribution in [0, 0.1) is 0 Å². The Bertz CT molecular complexity index is 188. The molecule has 1 heterocycles. The molecule has 0 saturated carbocycles. The lowest BCUT2D eigenvalue weighted by Gasteiger charge is -2.28. The Balaban J connectivity index is 2.27. The van der Waals surface area contributed by atoms with Gasteiger partial charge in [0.15, 0.2) is 0 Å². The third-order valence-electron chi connectivity index (χ3n) is 2.05. The van der Waals surface area contributed by atoms with E-state index in [0.717, 1.165) is 25.9 Å². The van der Waals surface area contributed by atoms with Crippen molar-refractivity contribution in [3.05, 3.63) is 12.7 Å². The first-order chi connectivity index (χ1) is 6.24. The van der Waals surface area contributed by atoms with E-state index < -0.39 is 0 Å². The molecule has 4 heteroatoms. The highest BCUT2D eigenvalue weighted by molar-refractivity contribution is 7.80. The largest absolute Gasteiger partial charge is 0.445 e. The van der Waals surface area contributed by atoms with Crippen LogP contribution in [-0.4, -0.2) is 35.9 Å². The van der Waals surface area contributed by atoms with Gasteiger partial charge in [0, 0.05) is 18.3 Å². The third-order valence-corrected chi connectivity index (χ3v) is 2.56. The van der Waals surface area contributed by atoms with Gasteiger partial charge in [0.25, 0.3) is 0 Å². The molecule has 0 aromatic heterocycles. The van der Waals surface area contributed by atoms with E-state index in [9.17, 15) is 4.79 Å². The van der Waals surface area contributed by atoms with E-state index >= 15 is 0 Å². The van der Waals surface area contributed by atoms with Gasteiger partial charge in [0.05, 0.1) is 0 Å². The Labute approximate surface area is 84.2 Å². The van der Waals surface area contributed by atoms with Crippen LogP contribution in [-0.2, 0) is 4.74 Å². The predicted molar refractivity (Wildman–Crippen MR) is 55.1 cm³/mol. The quantitative estimate of drug-likeness (QED) is 0.544. The summed E-state index contributed by atoms with van der Waals surface area (Å²) < 4.78 is 4.91. The van der Waals surface area contributed by atoms with Gasteiger partial charge >= 0.3 is 6.09 Å². The molecule has 1 aliphatic rings. The summed E-state index contributed by atoms with van der Waals surface area (Å²) in [6.07, 6.45) is 3.24. The van der Waals surface area contributed by atoms with Gasteiger partial charge in [-0.3, -0.25) is 0 Å². The Kier molecular flexibility index (Phi) is 4.15. The first kappa shape index (κ1) is 10.4. The van der Waals surface area contributed by atoms with Gasteiger partial charge in [-0.05, 0) is 12.8 Å². The van der Waals surface area contributed by atoms with Crippen molar-refractivity contribution < 1.29 is 9.53 Å². The molecule has 0 aromatic rings. The molecule has 1 saturated heterocycles. The van der Waals surface area contributed by atoms with Crippen LogP contribution in [0.4, 0.5) is 4.79 Å². The Hall–Kier alpha value is -0.640. The third kappa shape index (κ3) is 3.30. The first-order valence-electron chi connectivity index (χ1n) is 4.44. The second-order valence-corrected chi connectivity index (χ2v) is 3.81. The summed E-state index contributed by atoms with van der Waals surface area (Å²) in [6.45, 7) is 5.28. The fraction of sp³-hybridized carbons (Fsp3) is 0.667. The molecule has 1 aliphatic heterocycles. The number of nitrogens with zero attached hydrogens (tertiary/aromatic N) is 1. The van der Waals surface area contributed by atoms with Crippen molar-refractivity contribution in [1.82, 2.24) is 4.90 Å². The number of thiol groups is 1. The topological polar surface area (TPSA) is 29.5 Å². The Morgan fingerprint density at radius 2 is 2.23 bits per heavy atom. The summed E-state index contributed by atoms with van der Waals surface area (Å²) in [5.74, 6) is 0. The van der Waals surface area contributed by atoms with Gasteiger partial charge in [-0.1, -0.05) is 12.7 Å².